The van der Waals surface area contributed by atoms with Crippen molar-refractivity contribution in [3.63, 3.8) is 0 Å². The molecular formula is C18H23NO2. The summed E-state index contributed by atoms with van der Waals surface area (Å²) in [5.74, 6) is -0.189. The maximum Gasteiger partial charge on any atom is 0.336 e. The summed E-state index contributed by atoms with van der Waals surface area (Å²) < 4.78 is 0. The molecule has 0 aliphatic rings. The van der Waals surface area contributed by atoms with Gasteiger partial charge >= 0.3 is 5.97 Å². The molecule has 0 aliphatic heterocycles. The summed E-state index contributed by atoms with van der Waals surface area (Å²) in [6, 6.07) is 11.6. The van der Waals surface area contributed by atoms with Crippen LogP contribution in [0.4, 0.5) is 5.69 Å². The van der Waals surface area contributed by atoms with Crippen LogP contribution in [0, 0.1) is 5.92 Å². The van der Waals surface area contributed by atoms with E-state index in [9.17, 15) is 9.90 Å². The Morgan fingerprint density at radius 1 is 1.05 bits per heavy atom. The SMILES string of the molecule is CC(C)CCC(C)Nc1ccc(C(=O)O)c2ccccc12. The number of fused-ring (bicyclic) bond motifs is 1. The van der Waals surface area contributed by atoms with Crippen molar-refractivity contribution in [2.24, 2.45) is 5.92 Å². The fourth-order valence-electron chi connectivity index (χ4n) is 2.53. The maximum absolute atomic E-state index is 11.3. The lowest BCUT2D eigenvalue weighted by Crippen LogP contribution is -2.16. The van der Waals surface area contributed by atoms with Crippen LogP contribution >= 0.6 is 0 Å². The molecule has 0 aromatic heterocycles. The van der Waals surface area contributed by atoms with Crippen LogP contribution in [0.5, 0.6) is 0 Å². The molecule has 3 nitrogen and oxygen atoms in total. The smallest absolute Gasteiger partial charge is 0.336 e. The Kier molecular flexibility index (Phi) is 4.84. The van der Waals surface area contributed by atoms with E-state index < -0.39 is 5.97 Å². The molecule has 0 spiro atoms. The van der Waals surface area contributed by atoms with Gasteiger partial charge in [-0.25, -0.2) is 4.79 Å². The molecular weight excluding hydrogens is 262 g/mol. The van der Waals surface area contributed by atoms with Gasteiger partial charge in [-0.05, 0) is 43.2 Å². The van der Waals surface area contributed by atoms with Gasteiger partial charge in [0.1, 0.15) is 0 Å². The van der Waals surface area contributed by atoms with Crippen LogP contribution in [0.15, 0.2) is 36.4 Å². The van der Waals surface area contributed by atoms with Crippen molar-refractivity contribution in [1.82, 2.24) is 0 Å². The predicted octanol–water partition coefficient (Wildman–Crippen LogP) is 4.77. The van der Waals surface area contributed by atoms with Crippen LogP contribution in [0.3, 0.4) is 0 Å². The number of hydrogen-bond donors (Lipinski definition) is 2. The Morgan fingerprint density at radius 3 is 2.33 bits per heavy atom. The maximum atomic E-state index is 11.3. The second kappa shape index (κ2) is 6.61. The Balaban J connectivity index is 2.29. The Hall–Kier alpha value is -2.03. The van der Waals surface area contributed by atoms with Crippen molar-refractivity contribution < 1.29 is 9.90 Å². The van der Waals surface area contributed by atoms with Crippen LogP contribution in [0.2, 0.25) is 0 Å². The van der Waals surface area contributed by atoms with Gasteiger partial charge in [-0.1, -0.05) is 38.1 Å². The van der Waals surface area contributed by atoms with Gasteiger partial charge in [-0.3, -0.25) is 0 Å². The van der Waals surface area contributed by atoms with E-state index in [1.54, 1.807) is 6.07 Å². The van der Waals surface area contributed by atoms with Crippen molar-refractivity contribution in [2.45, 2.75) is 39.7 Å². The van der Waals surface area contributed by atoms with Crippen molar-refractivity contribution in [3.05, 3.63) is 42.0 Å². The lowest BCUT2D eigenvalue weighted by Gasteiger charge is -2.18. The Bertz CT molecular complexity index is 634. The highest BCUT2D eigenvalue weighted by molar-refractivity contribution is 6.07. The molecule has 0 amide bonds. The fraction of sp³-hybridized carbons (Fsp3) is 0.389. The lowest BCUT2D eigenvalue weighted by molar-refractivity contribution is 0.0699. The number of carbonyl (C=O) groups is 1. The molecule has 1 unspecified atom stereocenters. The van der Waals surface area contributed by atoms with Gasteiger partial charge in [-0.15, -0.1) is 0 Å². The molecule has 21 heavy (non-hydrogen) atoms. The number of hydrogen-bond acceptors (Lipinski definition) is 2. The van der Waals surface area contributed by atoms with Gasteiger partial charge in [0.2, 0.25) is 0 Å². The van der Waals surface area contributed by atoms with E-state index in [1.165, 1.54) is 6.42 Å². The third-order valence-electron chi connectivity index (χ3n) is 3.73. The van der Waals surface area contributed by atoms with E-state index in [0.29, 0.717) is 17.5 Å². The van der Waals surface area contributed by atoms with E-state index in [-0.39, 0.29) is 0 Å². The second-order valence-corrected chi connectivity index (χ2v) is 6.03. The average molecular weight is 285 g/mol. The van der Waals surface area contributed by atoms with Gasteiger partial charge in [-0.2, -0.15) is 0 Å². The van der Waals surface area contributed by atoms with Gasteiger partial charge in [0.05, 0.1) is 5.56 Å². The topological polar surface area (TPSA) is 49.3 Å². The summed E-state index contributed by atoms with van der Waals surface area (Å²) in [7, 11) is 0. The number of aromatic carboxylic acids is 1. The molecule has 0 saturated heterocycles. The molecule has 2 aromatic rings. The third kappa shape index (κ3) is 3.75. The van der Waals surface area contributed by atoms with E-state index in [2.05, 4.69) is 26.1 Å². The normalized spacial score (nSPS) is 12.6. The molecule has 0 aliphatic carbocycles. The zero-order chi connectivity index (χ0) is 15.4. The molecule has 112 valence electrons. The average Bonchev–Trinajstić information content (AvgIpc) is 2.45. The van der Waals surface area contributed by atoms with Crippen molar-refractivity contribution in [1.29, 1.82) is 0 Å². The monoisotopic (exact) mass is 285 g/mol. The van der Waals surface area contributed by atoms with Gasteiger partial charge < -0.3 is 10.4 Å². The largest absolute Gasteiger partial charge is 0.478 e. The first kappa shape index (κ1) is 15.4. The molecule has 0 radical (unpaired) electrons. The number of rotatable bonds is 6. The molecule has 2 aromatic carbocycles. The van der Waals surface area contributed by atoms with Gasteiger partial charge in [0, 0.05) is 17.1 Å². The first-order valence-corrected chi connectivity index (χ1v) is 7.50. The standard InChI is InChI=1S/C18H23NO2/c1-12(2)8-9-13(3)19-17-11-10-16(18(20)21)14-6-4-5-7-15(14)17/h4-7,10-13,19H,8-9H2,1-3H3,(H,20,21). The number of carboxylic acids is 1. The molecule has 0 bridgehead atoms. The molecule has 0 fully saturated rings. The molecule has 2 rings (SSSR count). The summed E-state index contributed by atoms with van der Waals surface area (Å²) in [6.07, 6.45) is 2.28. The lowest BCUT2D eigenvalue weighted by atomic mass is 10.0. The Labute approximate surface area is 126 Å². The highest BCUT2D eigenvalue weighted by Crippen LogP contribution is 2.27. The van der Waals surface area contributed by atoms with Crippen LogP contribution in [-0.2, 0) is 0 Å². The van der Waals surface area contributed by atoms with E-state index >= 15 is 0 Å². The van der Waals surface area contributed by atoms with E-state index in [4.69, 9.17) is 0 Å². The molecule has 0 heterocycles. The summed E-state index contributed by atoms with van der Waals surface area (Å²) in [6.45, 7) is 6.62. The van der Waals surface area contributed by atoms with Crippen LogP contribution < -0.4 is 5.32 Å². The second-order valence-electron chi connectivity index (χ2n) is 6.03. The minimum Gasteiger partial charge on any atom is -0.478 e. The first-order chi connectivity index (χ1) is 9.99. The number of carboxylic acid groups (broad SMARTS) is 1. The molecule has 1 atom stereocenters. The van der Waals surface area contributed by atoms with Crippen LogP contribution in [-0.4, -0.2) is 17.1 Å². The summed E-state index contributed by atoms with van der Waals surface area (Å²) in [5.41, 5.74) is 1.36. The zero-order valence-electron chi connectivity index (χ0n) is 12.9. The quantitative estimate of drug-likeness (QED) is 0.803. The van der Waals surface area contributed by atoms with Crippen molar-refractivity contribution >= 4 is 22.4 Å². The molecule has 2 N–H and O–H groups in total. The summed E-state index contributed by atoms with van der Waals surface area (Å²) in [5, 5.41) is 14.5. The van der Waals surface area contributed by atoms with Crippen molar-refractivity contribution in [3.8, 4) is 0 Å². The van der Waals surface area contributed by atoms with E-state index in [1.807, 2.05) is 30.3 Å². The number of anilines is 1. The minimum atomic E-state index is -0.884. The predicted molar refractivity (Wildman–Crippen MR) is 88.1 cm³/mol. The molecule has 3 heteroatoms. The van der Waals surface area contributed by atoms with E-state index in [0.717, 1.165) is 22.9 Å². The third-order valence-corrected chi connectivity index (χ3v) is 3.73. The van der Waals surface area contributed by atoms with Crippen LogP contribution in [0.1, 0.15) is 44.0 Å². The minimum absolute atomic E-state index is 0.353. The number of nitrogens with one attached hydrogen (secondary N) is 1. The Morgan fingerprint density at radius 2 is 1.71 bits per heavy atom. The highest BCUT2D eigenvalue weighted by Gasteiger charge is 2.12. The van der Waals surface area contributed by atoms with Crippen molar-refractivity contribution in [2.75, 3.05) is 5.32 Å². The molecule has 0 saturated carbocycles. The first-order valence-electron chi connectivity index (χ1n) is 7.50. The highest BCUT2D eigenvalue weighted by atomic mass is 16.4. The van der Waals surface area contributed by atoms with Crippen LogP contribution in [0.25, 0.3) is 10.8 Å². The van der Waals surface area contributed by atoms with Gasteiger partial charge in [0.15, 0.2) is 0 Å². The summed E-state index contributed by atoms with van der Waals surface area (Å²) in [4.78, 5) is 11.3. The zero-order valence-corrected chi connectivity index (χ0v) is 12.9. The fourth-order valence-corrected chi connectivity index (χ4v) is 2.53. The number of benzene rings is 2. The summed E-state index contributed by atoms with van der Waals surface area (Å²) >= 11 is 0. The van der Waals surface area contributed by atoms with Gasteiger partial charge in [0.25, 0.3) is 0 Å².